The van der Waals surface area contributed by atoms with Gasteiger partial charge in [0.15, 0.2) is 0 Å². The van der Waals surface area contributed by atoms with Crippen molar-refractivity contribution in [2.45, 2.75) is 25.2 Å². The molecule has 0 fully saturated rings. The summed E-state index contributed by atoms with van der Waals surface area (Å²) in [4.78, 5) is 19.8. The summed E-state index contributed by atoms with van der Waals surface area (Å²) in [7, 11) is 7.65. The lowest BCUT2D eigenvalue weighted by molar-refractivity contribution is -1.07. The third-order valence-corrected chi connectivity index (χ3v) is 4.65. The van der Waals surface area contributed by atoms with Crippen LogP contribution in [-0.2, 0) is 16.0 Å². The number of hydroxylamine groups is 3. The number of rotatable bonds is 8. The largest absolute Gasteiger partial charge is 0.542 e. The lowest BCUT2D eigenvalue weighted by atomic mass is 10.1. The van der Waals surface area contributed by atoms with Crippen LogP contribution in [-0.4, -0.2) is 92.0 Å². The molecule has 35 heavy (non-hydrogen) atoms. The number of nitrogens with zero attached hydrogens (tertiary/aromatic N) is 2. The first kappa shape index (κ1) is 35.5. The van der Waals surface area contributed by atoms with E-state index in [0.717, 1.165) is 39.6 Å². The number of carboxylic acids is 2. The topological polar surface area (TPSA) is 110 Å². The number of quaternary nitrogens is 1. The Morgan fingerprint density at radius 1 is 1.06 bits per heavy atom. The zero-order valence-corrected chi connectivity index (χ0v) is 22.3. The molecule has 0 aliphatic carbocycles. The molecular weight excluding hydrogens is 626 g/mol. The van der Waals surface area contributed by atoms with Gasteiger partial charge >= 0.3 is 18.3 Å². The number of carboxylic acid groups (broad SMARTS) is 2. The number of hydrogen-bond donors (Lipinski definition) is 2. The molecule has 0 saturated heterocycles. The van der Waals surface area contributed by atoms with Crippen LogP contribution < -0.4 is 9.84 Å². The summed E-state index contributed by atoms with van der Waals surface area (Å²) in [5.41, 5.74) is 1.16. The van der Waals surface area contributed by atoms with Gasteiger partial charge in [0.25, 0.3) is 0 Å². The molecule has 0 bridgehead atoms. The smallest absolute Gasteiger partial charge is 0.490 e. The second kappa shape index (κ2) is 15.5. The fourth-order valence-corrected chi connectivity index (χ4v) is 3.36. The van der Waals surface area contributed by atoms with Crippen molar-refractivity contribution in [1.29, 1.82) is 0 Å². The zero-order valence-electron chi connectivity index (χ0n) is 19.1. The molecule has 1 aromatic carbocycles. The number of hydrogen-bond acceptors (Lipinski definition) is 6. The van der Waals surface area contributed by atoms with E-state index in [1.54, 1.807) is 14.1 Å². The van der Waals surface area contributed by atoms with Gasteiger partial charge in [-0.3, -0.25) is 0 Å². The highest BCUT2D eigenvalue weighted by molar-refractivity contribution is 9.11. The fraction of sp³-hybridized carbons (Fsp3) is 0.579. The molecule has 0 heterocycles. The molecule has 1 rings (SSSR count). The molecule has 0 unspecified atom stereocenters. The van der Waals surface area contributed by atoms with Gasteiger partial charge in [-0.25, -0.2) is 10.0 Å². The third-order valence-electron chi connectivity index (χ3n) is 3.48. The molecule has 0 saturated carbocycles. The van der Waals surface area contributed by atoms with Crippen molar-refractivity contribution in [2.24, 2.45) is 0 Å². The van der Waals surface area contributed by atoms with Gasteiger partial charge in [0.1, 0.15) is 18.3 Å². The Morgan fingerprint density at radius 2 is 1.46 bits per heavy atom. The second-order valence-corrected chi connectivity index (χ2v) is 9.29. The minimum atomic E-state index is -5.19. The Kier molecular flexibility index (Phi) is 15.7. The number of halogens is 8. The van der Waals surface area contributed by atoms with E-state index in [2.05, 4.69) is 63.0 Å². The molecule has 0 atom stereocenters. The highest BCUT2D eigenvalue weighted by atomic mass is 79.9. The highest BCUT2D eigenvalue weighted by Crippen LogP contribution is 2.35. The first-order chi connectivity index (χ1) is 15.6. The number of alkyl halides is 6. The van der Waals surface area contributed by atoms with Gasteiger partial charge in [0, 0.05) is 13.0 Å². The molecule has 1 aromatic rings. The van der Waals surface area contributed by atoms with E-state index in [0.29, 0.717) is 13.2 Å². The van der Waals surface area contributed by atoms with Crippen LogP contribution in [0.25, 0.3) is 0 Å². The predicted molar refractivity (Wildman–Crippen MR) is 118 cm³/mol. The SMILES string of the molecule is CN(C)CCCOc1c(Br)cc(CC[N+](C)(C)O)cc1Br.O=C(O)C(F)(F)F.O=C([O-])C(F)(F)F. The summed E-state index contributed by atoms with van der Waals surface area (Å²) in [5.74, 6) is -4.92. The summed E-state index contributed by atoms with van der Waals surface area (Å²) in [6, 6.07) is 4.11. The molecule has 0 aliphatic rings. The summed E-state index contributed by atoms with van der Waals surface area (Å²) in [6.45, 7) is 2.37. The number of carbonyl (C=O) groups excluding carboxylic acids is 1. The Bertz CT molecular complexity index is 767. The first-order valence-corrected chi connectivity index (χ1v) is 11.1. The summed E-state index contributed by atoms with van der Waals surface area (Å²) >= 11 is 7.13. The number of likely N-dealkylation sites (N-methyl/N-ethyl adjacent to an activating group) is 1. The summed E-state index contributed by atoms with van der Waals surface area (Å²) < 4.78 is 71.0. The average molecular weight is 652 g/mol. The van der Waals surface area contributed by atoms with Crippen molar-refractivity contribution in [2.75, 3.05) is 47.9 Å². The maximum atomic E-state index is 10.6. The maximum Gasteiger partial charge on any atom is 0.490 e. The fourth-order valence-electron chi connectivity index (χ4n) is 1.85. The van der Waals surface area contributed by atoms with Crippen LogP contribution in [0.1, 0.15) is 12.0 Å². The number of ether oxygens (including phenoxy) is 1. The molecular formula is C19H26Br2F6N2O6. The second-order valence-electron chi connectivity index (χ2n) is 7.58. The molecule has 2 N–H and O–H groups in total. The molecule has 0 spiro atoms. The molecule has 0 aliphatic heterocycles. The van der Waals surface area contributed by atoms with Crippen LogP contribution in [0, 0.1) is 0 Å². The average Bonchev–Trinajstić information content (AvgIpc) is 2.64. The van der Waals surface area contributed by atoms with Gasteiger partial charge < -0.3 is 24.6 Å². The van der Waals surface area contributed by atoms with Crippen molar-refractivity contribution < 1.29 is 60.7 Å². The van der Waals surface area contributed by atoms with Crippen LogP contribution >= 0.6 is 31.9 Å². The summed E-state index contributed by atoms with van der Waals surface area (Å²) in [6.07, 6.45) is -8.48. The van der Waals surface area contributed by atoms with Crippen molar-refractivity contribution in [1.82, 2.24) is 4.90 Å². The van der Waals surface area contributed by atoms with E-state index < -0.39 is 24.3 Å². The molecule has 0 radical (unpaired) electrons. The lowest BCUT2D eigenvalue weighted by Gasteiger charge is -2.20. The molecule has 0 aromatic heterocycles. The number of benzene rings is 1. The van der Waals surface area contributed by atoms with Gasteiger partial charge in [0.05, 0.1) is 29.6 Å². The predicted octanol–water partition coefficient (Wildman–Crippen LogP) is 3.48. The zero-order chi connectivity index (χ0) is 28.2. The number of carbonyl (C=O) groups is 2. The van der Waals surface area contributed by atoms with E-state index in [9.17, 15) is 31.5 Å². The van der Waals surface area contributed by atoms with E-state index in [4.69, 9.17) is 24.5 Å². The number of aliphatic carboxylic acids is 2. The van der Waals surface area contributed by atoms with Crippen molar-refractivity contribution in [3.63, 3.8) is 0 Å². The van der Waals surface area contributed by atoms with E-state index in [1.165, 1.54) is 0 Å². The van der Waals surface area contributed by atoms with Gasteiger partial charge in [-0.2, -0.15) is 31.0 Å². The van der Waals surface area contributed by atoms with Gasteiger partial charge in [-0.1, -0.05) is 0 Å². The van der Waals surface area contributed by atoms with Crippen molar-refractivity contribution >= 4 is 43.8 Å². The monoisotopic (exact) mass is 650 g/mol. The van der Waals surface area contributed by atoms with Crippen LogP contribution in [0.4, 0.5) is 26.3 Å². The van der Waals surface area contributed by atoms with Gasteiger partial charge in [0.2, 0.25) is 0 Å². The van der Waals surface area contributed by atoms with Gasteiger partial charge in [-0.05, 0) is 70.1 Å². The molecule has 204 valence electrons. The van der Waals surface area contributed by atoms with Gasteiger partial charge in [-0.15, -0.1) is 0 Å². The van der Waals surface area contributed by atoms with Crippen LogP contribution in [0.15, 0.2) is 21.1 Å². The van der Waals surface area contributed by atoms with Crippen LogP contribution in [0.3, 0.4) is 0 Å². The minimum absolute atomic E-state index is 0.0297. The van der Waals surface area contributed by atoms with E-state index in [1.807, 2.05) is 0 Å². The third kappa shape index (κ3) is 19.3. The molecule has 16 heteroatoms. The Labute approximate surface area is 214 Å². The Morgan fingerprint density at radius 3 is 1.74 bits per heavy atom. The Hall–Kier alpha value is -1.62. The highest BCUT2D eigenvalue weighted by Gasteiger charge is 2.38. The van der Waals surface area contributed by atoms with E-state index >= 15 is 0 Å². The molecule has 8 nitrogen and oxygen atoms in total. The molecule has 0 amide bonds. The van der Waals surface area contributed by atoms with E-state index in [-0.39, 0.29) is 4.65 Å². The van der Waals surface area contributed by atoms with Crippen molar-refractivity contribution in [3.05, 3.63) is 26.6 Å². The quantitative estimate of drug-likeness (QED) is 0.192. The Balaban J connectivity index is 0. The lowest BCUT2D eigenvalue weighted by Crippen LogP contribution is -2.37. The summed E-state index contributed by atoms with van der Waals surface area (Å²) in [5, 5.41) is 25.7. The minimum Gasteiger partial charge on any atom is -0.542 e. The van der Waals surface area contributed by atoms with Crippen LogP contribution in [0.2, 0.25) is 0 Å². The first-order valence-electron chi connectivity index (χ1n) is 9.47. The maximum absolute atomic E-state index is 10.6. The van der Waals surface area contributed by atoms with Crippen molar-refractivity contribution in [3.8, 4) is 5.75 Å². The standard InChI is InChI=1S/C15H25Br2N2O2.2C2HF3O2/c1-18(2)7-5-9-21-15-13(16)10-12(11-14(15)17)6-8-19(3,4)20;2*3-2(4,5)1(6)7/h10-11,20H,5-9H2,1-4H3;2*(H,6,7)/q+1;;/p-1. The normalized spacial score (nSPS) is 11.7. The van der Waals surface area contributed by atoms with Crippen LogP contribution in [0.5, 0.6) is 5.75 Å².